The Morgan fingerprint density at radius 1 is 0.794 bits per heavy atom. The maximum atomic E-state index is 5.47. The molecule has 1 aromatic heterocycles. The summed E-state index contributed by atoms with van der Waals surface area (Å²) in [6.07, 6.45) is 4.47. The van der Waals surface area contributed by atoms with Gasteiger partial charge < -0.3 is 14.6 Å². The molecule has 0 amide bonds. The molecular formula is C31H26N2O. The zero-order valence-electron chi connectivity index (χ0n) is 19.3. The maximum Gasteiger partial charge on any atom is 0.120 e. The molecule has 34 heavy (non-hydrogen) atoms. The summed E-state index contributed by atoms with van der Waals surface area (Å²) < 4.78 is 5.47. The summed E-state index contributed by atoms with van der Waals surface area (Å²) in [5.41, 5.74) is 9.67. The SMILES string of the molecule is COc1ccc2c(C3c4ccccc4C=C(c4ccccc4)N3c3ccc(C)cc3)c[nH]c2c1. The molecule has 1 aliphatic rings. The first-order valence-electron chi connectivity index (χ1n) is 11.6. The third-order valence-electron chi connectivity index (χ3n) is 6.70. The highest BCUT2D eigenvalue weighted by Gasteiger charge is 2.33. The lowest BCUT2D eigenvalue weighted by atomic mass is 9.87. The molecule has 0 spiro atoms. The van der Waals surface area contributed by atoms with Crippen LogP contribution < -0.4 is 9.64 Å². The summed E-state index contributed by atoms with van der Waals surface area (Å²) in [6.45, 7) is 2.13. The standard InChI is InChI=1S/C31H26N2O/c1-21-12-14-24(15-13-21)33-30(22-8-4-3-5-9-22)18-23-10-6-7-11-26(23)31(33)28-20-32-29-19-25(34-2)16-17-27(28)29/h3-20,31-32H,1-2H3. The molecule has 6 rings (SSSR count). The van der Waals surface area contributed by atoms with Gasteiger partial charge >= 0.3 is 0 Å². The van der Waals surface area contributed by atoms with Crippen molar-refractivity contribution in [2.45, 2.75) is 13.0 Å². The van der Waals surface area contributed by atoms with E-state index in [0.29, 0.717) is 0 Å². The van der Waals surface area contributed by atoms with E-state index in [1.807, 2.05) is 6.07 Å². The Balaban J connectivity index is 1.63. The van der Waals surface area contributed by atoms with Crippen molar-refractivity contribution >= 4 is 28.4 Å². The van der Waals surface area contributed by atoms with Gasteiger partial charge in [-0.3, -0.25) is 0 Å². The Morgan fingerprint density at radius 3 is 2.35 bits per heavy atom. The van der Waals surface area contributed by atoms with Gasteiger partial charge in [0.2, 0.25) is 0 Å². The van der Waals surface area contributed by atoms with Crippen LogP contribution in [0.2, 0.25) is 0 Å². The first kappa shape index (κ1) is 20.4. The van der Waals surface area contributed by atoms with E-state index in [-0.39, 0.29) is 6.04 Å². The number of anilines is 1. The highest BCUT2D eigenvalue weighted by Crippen LogP contribution is 2.46. The van der Waals surface area contributed by atoms with Gasteiger partial charge in [-0.25, -0.2) is 0 Å². The first-order chi connectivity index (χ1) is 16.7. The summed E-state index contributed by atoms with van der Waals surface area (Å²) in [7, 11) is 1.71. The molecule has 1 atom stereocenters. The predicted octanol–water partition coefficient (Wildman–Crippen LogP) is 7.59. The van der Waals surface area contributed by atoms with E-state index in [9.17, 15) is 0 Å². The number of ether oxygens (including phenoxy) is 1. The van der Waals surface area contributed by atoms with Crippen molar-refractivity contribution in [1.29, 1.82) is 0 Å². The van der Waals surface area contributed by atoms with E-state index < -0.39 is 0 Å². The summed E-state index contributed by atoms with van der Waals surface area (Å²) in [4.78, 5) is 5.98. The van der Waals surface area contributed by atoms with Crippen LogP contribution in [0.25, 0.3) is 22.7 Å². The fourth-order valence-electron chi connectivity index (χ4n) is 5.00. The quantitative estimate of drug-likeness (QED) is 0.310. The fraction of sp³-hybridized carbons (Fsp3) is 0.0968. The number of benzene rings is 4. The highest BCUT2D eigenvalue weighted by atomic mass is 16.5. The molecular weight excluding hydrogens is 416 g/mol. The minimum absolute atomic E-state index is 0.0151. The first-order valence-corrected chi connectivity index (χ1v) is 11.6. The molecule has 0 saturated carbocycles. The van der Waals surface area contributed by atoms with Crippen LogP contribution in [-0.4, -0.2) is 12.1 Å². The van der Waals surface area contributed by atoms with Crippen molar-refractivity contribution in [2.24, 2.45) is 0 Å². The topological polar surface area (TPSA) is 28.3 Å². The maximum absolute atomic E-state index is 5.47. The smallest absolute Gasteiger partial charge is 0.120 e. The van der Waals surface area contributed by atoms with Gasteiger partial charge in [0.25, 0.3) is 0 Å². The zero-order valence-corrected chi connectivity index (χ0v) is 19.3. The van der Waals surface area contributed by atoms with Gasteiger partial charge in [0.15, 0.2) is 0 Å². The number of fused-ring (bicyclic) bond motifs is 2. The van der Waals surface area contributed by atoms with Gasteiger partial charge in [-0.2, -0.15) is 0 Å². The number of aromatic amines is 1. The zero-order chi connectivity index (χ0) is 23.1. The number of nitrogens with zero attached hydrogens (tertiary/aromatic N) is 1. The number of H-pyrrole nitrogens is 1. The van der Waals surface area contributed by atoms with E-state index in [2.05, 4.69) is 120 Å². The van der Waals surface area contributed by atoms with Crippen molar-refractivity contribution in [3.8, 4) is 5.75 Å². The third-order valence-corrected chi connectivity index (χ3v) is 6.70. The van der Waals surface area contributed by atoms with Crippen molar-refractivity contribution in [3.05, 3.63) is 131 Å². The van der Waals surface area contributed by atoms with Gasteiger partial charge in [-0.1, -0.05) is 72.3 Å². The van der Waals surface area contributed by atoms with Crippen molar-refractivity contribution in [3.63, 3.8) is 0 Å². The summed E-state index contributed by atoms with van der Waals surface area (Å²) >= 11 is 0. The molecule has 3 heteroatoms. The summed E-state index contributed by atoms with van der Waals surface area (Å²) in [5.74, 6) is 0.852. The van der Waals surface area contributed by atoms with Gasteiger partial charge in [0.1, 0.15) is 5.75 Å². The molecule has 2 heterocycles. The number of methoxy groups -OCH3 is 1. The van der Waals surface area contributed by atoms with Crippen LogP contribution >= 0.6 is 0 Å². The molecule has 0 radical (unpaired) electrons. The van der Waals surface area contributed by atoms with E-state index >= 15 is 0 Å². The number of hydrogen-bond acceptors (Lipinski definition) is 2. The lowest BCUT2D eigenvalue weighted by molar-refractivity contribution is 0.415. The molecule has 1 aliphatic heterocycles. The molecule has 0 aliphatic carbocycles. The average Bonchev–Trinajstić information content (AvgIpc) is 3.31. The van der Waals surface area contributed by atoms with Gasteiger partial charge in [0, 0.05) is 40.1 Å². The Hall–Kier alpha value is -4.24. The Kier molecular flexibility index (Phi) is 4.96. The Labute approximate surface area is 199 Å². The monoisotopic (exact) mass is 442 g/mol. The van der Waals surface area contributed by atoms with E-state index in [1.165, 1.54) is 44.6 Å². The van der Waals surface area contributed by atoms with Crippen LogP contribution in [0.5, 0.6) is 5.75 Å². The van der Waals surface area contributed by atoms with Crippen LogP contribution in [0.4, 0.5) is 5.69 Å². The normalized spacial score (nSPS) is 15.2. The summed E-state index contributed by atoms with van der Waals surface area (Å²) in [6, 6.07) is 34.5. The second kappa shape index (κ2) is 8.27. The van der Waals surface area contributed by atoms with Crippen LogP contribution in [0.1, 0.15) is 33.9 Å². The van der Waals surface area contributed by atoms with Crippen molar-refractivity contribution < 1.29 is 4.74 Å². The lowest BCUT2D eigenvalue weighted by Gasteiger charge is -2.40. The highest BCUT2D eigenvalue weighted by molar-refractivity contribution is 5.96. The van der Waals surface area contributed by atoms with Crippen molar-refractivity contribution in [1.82, 2.24) is 4.98 Å². The van der Waals surface area contributed by atoms with Crippen LogP contribution in [-0.2, 0) is 0 Å². The average molecular weight is 443 g/mol. The van der Waals surface area contributed by atoms with Gasteiger partial charge in [0.05, 0.1) is 13.2 Å². The molecule has 1 unspecified atom stereocenters. The van der Waals surface area contributed by atoms with Gasteiger partial charge in [-0.05, 0) is 54.0 Å². The predicted molar refractivity (Wildman–Crippen MR) is 141 cm³/mol. The largest absolute Gasteiger partial charge is 0.497 e. The summed E-state index contributed by atoms with van der Waals surface area (Å²) in [5, 5.41) is 1.20. The Morgan fingerprint density at radius 2 is 1.56 bits per heavy atom. The Bertz CT molecular complexity index is 1500. The second-order valence-electron chi connectivity index (χ2n) is 8.79. The lowest BCUT2D eigenvalue weighted by Crippen LogP contribution is -2.31. The second-order valence-corrected chi connectivity index (χ2v) is 8.79. The molecule has 0 bridgehead atoms. The van der Waals surface area contributed by atoms with E-state index in [4.69, 9.17) is 4.74 Å². The van der Waals surface area contributed by atoms with Crippen molar-refractivity contribution in [2.75, 3.05) is 12.0 Å². The molecule has 0 saturated heterocycles. The number of rotatable bonds is 4. The molecule has 1 N–H and O–H groups in total. The molecule has 5 aromatic rings. The van der Waals surface area contributed by atoms with Crippen LogP contribution in [0.15, 0.2) is 103 Å². The molecule has 0 fully saturated rings. The number of hydrogen-bond donors (Lipinski definition) is 1. The number of aromatic nitrogens is 1. The van der Waals surface area contributed by atoms with E-state index in [0.717, 1.165) is 11.3 Å². The van der Waals surface area contributed by atoms with Crippen LogP contribution in [0, 0.1) is 6.92 Å². The third kappa shape index (κ3) is 3.37. The minimum atomic E-state index is 0.0151. The molecule has 4 aromatic carbocycles. The van der Waals surface area contributed by atoms with Gasteiger partial charge in [-0.15, -0.1) is 0 Å². The van der Waals surface area contributed by atoms with E-state index in [1.54, 1.807) is 7.11 Å². The minimum Gasteiger partial charge on any atom is -0.497 e. The number of nitrogens with one attached hydrogen (secondary N) is 1. The molecule has 3 nitrogen and oxygen atoms in total. The molecule has 166 valence electrons. The fourth-order valence-corrected chi connectivity index (χ4v) is 5.00. The van der Waals surface area contributed by atoms with Crippen LogP contribution in [0.3, 0.4) is 0 Å². The number of aryl methyl sites for hydroxylation is 1.